The van der Waals surface area contributed by atoms with Gasteiger partial charge in [0.25, 0.3) is 0 Å². The summed E-state index contributed by atoms with van der Waals surface area (Å²) in [5.74, 6) is -0.193. The van der Waals surface area contributed by atoms with Crippen LogP contribution >= 0.6 is 11.6 Å². The topological polar surface area (TPSA) is 89.3 Å². The van der Waals surface area contributed by atoms with Crippen molar-refractivity contribution in [1.82, 2.24) is 0 Å². The molecule has 0 fully saturated rings. The van der Waals surface area contributed by atoms with Crippen molar-refractivity contribution in [2.75, 3.05) is 5.32 Å². The first-order valence-electron chi connectivity index (χ1n) is 5.96. The molecule has 0 spiro atoms. The minimum absolute atomic E-state index is 0.0826. The van der Waals surface area contributed by atoms with Crippen molar-refractivity contribution in [3.63, 3.8) is 0 Å². The van der Waals surface area contributed by atoms with Crippen LogP contribution in [0.5, 0.6) is 0 Å². The van der Waals surface area contributed by atoms with Gasteiger partial charge in [-0.15, -0.1) is 0 Å². The lowest BCUT2D eigenvalue weighted by Gasteiger charge is -2.08. The molecule has 1 aromatic rings. The van der Waals surface area contributed by atoms with E-state index in [4.69, 9.17) is 16.7 Å². The van der Waals surface area contributed by atoms with E-state index in [9.17, 15) is 13.2 Å². The first-order chi connectivity index (χ1) is 8.84. The number of nitrogens with two attached hydrogens (primary N) is 1. The second kappa shape index (κ2) is 6.88. The van der Waals surface area contributed by atoms with Crippen molar-refractivity contribution in [3.05, 3.63) is 23.2 Å². The van der Waals surface area contributed by atoms with E-state index in [1.165, 1.54) is 18.2 Å². The van der Waals surface area contributed by atoms with Crippen LogP contribution in [0, 0.1) is 0 Å². The minimum Gasteiger partial charge on any atom is -0.325 e. The predicted octanol–water partition coefficient (Wildman–Crippen LogP) is 2.51. The SMILES string of the molecule is CCCCCC(=O)Nc1cc(S(N)(=O)=O)ccc1Cl. The van der Waals surface area contributed by atoms with Crippen LogP contribution in [0.25, 0.3) is 0 Å². The van der Waals surface area contributed by atoms with Gasteiger partial charge in [-0.25, -0.2) is 13.6 Å². The maximum atomic E-state index is 11.7. The smallest absolute Gasteiger partial charge is 0.238 e. The Kier molecular flexibility index (Phi) is 5.78. The molecule has 1 aromatic carbocycles. The summed E-state index contributed by atoms with van der Waals surface area (Å²) in [4.78, 5) is 11.6. The van der Waals surface area contributed by atoms with Gasteiger partial charge in [0.2, 0.25) is 15.9 Å². The lowest BCUT2D eigenvalue weighted by atomic mass is 10.2. The number of sulfonamides is 1. The highest BCUT2D eigenvalue weighted by Crippen LogP contribution is 2.25. The molecule has 5 nitrogen and oxygen atoms in total. The van der Waals surface area contributed by atoms with Gasteiger partial charge >= 0.3 is 0 Å². The van der Waals surface area contributed by atoms with Crippen LogP contribution in [-0.2, 0) is 14.8 Å². The first-order valence-corrected chi connectivity index (χ1v) is 7.89. The van der Waals surface area contributed by atoms with E-state index in [0.29, 0.717) is 6.42 Å². The Labute approximate surface area is 118 Å². The summed E-state index contributed by atoms with van der Waals surface area (Å²) in [6, 6.07) is 3.95. The van der Waals surface area contributed by atoms with Crippen LogP contribution in [-0.4, -0.2) is 14.3 Å². The van der Waals surface area contributed by atoms with Crippen molar-refractivity contribution < 1.29 is 13.2 Å². The highest BCUT2D eigenvalue weighted by molar-refractivity contribution is 7.89. The Morgan fingerprint density at radius 3 is 2.63 bits per heavy atom. The van der Waals surface area contributed by atoms with Gasteiger partial charge in [0.15, 0.2) is 0 Å². The Balaban J connectivity index is 2.80. The molecular formula is C12H17ClN2O3S. The number of carbonyl (C=O) groups excluding carboxylic acids is 1. The monoisotopic (exact) mass is 304 g/mol. The molecule has 1 amide bonds. The second-order valence-electron chi connectivity index (χ2n) is 4.19. The predicted molar refractivity (Wildman–Crippen MR) is 75.6 cm³/mol. The zero-order chi connectivity index (χ0) is 14.5. The maximum Gasteiger partial charge on any atom is 0.238 e. The van der Waals surface area contributed by atoms with Crippen molar-refractivity contribution in [1.29, 1.82) is 0 Å². The average molecular weight is 305 g/mol. The molecule has 0 heterocycles. The molecule has 0 saturated carbocycles. The van der Waals surface area contributed by atoms with Crippen LogP contribution in [0.2, 0.25) is 5.02 Å². The summed E-state index contributed by atoms with van der Waals surface area (Å²) < 4.78 is 22.4. The summed E-state index contributed by atoms with van der Waals surface area (Å²) in [5, 5.41) is 7.89. The van der Waals surface area contributed by atoms with Gasteiger partial charge in [-0.05, 0) is 24.6 Å². The second-order valence-corrected chi connectivity index (χ2v) is 6.16. The van der Waals surface area contributed by atoms with Crippen LogP contribution in [0.3, 0.4) is 0 Å². The van der Waals surface area contributed by atoms with Gasteiger partial charge < -0.3 is 5.32 Å². The molecule has 0 aromatic heterocycles. The summed E-state index contributed by atoms with van der Waals surface area (Å²) >= 11 is 5.90. The largest absolute Gasteiger partial charge is 0.325 e. The quantitative estimate of drug-likeness (QED) is 0.791. The average Bonchev–Trinajstić information content (AvgIpc) is 2.31. The third-order valence-electron chi connectivity index (χ3n) is 2.55. The molecule has 106 valence electrons. The maximum absolute atomic E-state index is 11.7. The van der Waals surface area contributed by atoms with Crippen LogP contribution in [0.1, 0.15) is 32.6 Å². The fraction of sp³-hybridized carbons (Fsp3) is 0.417. The van der Waals surface area contributed by atoms with Crippen LogP contribution < -0.4 is 10.5 Å². The number of hydrogen-bond donors (Lipinski definition) is 2. The summed E-state index contributed by atoms with van der Waals surface area (Å²) in [6.45, 7) is 2.05. The van der Waals surface area contributed by atoms with Gasteiger partial charge in [-0.3, -0.25) is 4.79 Å². The molecule has 0 saturated heterocycles. The zero-order valence-electron chi connectivity index (χ0n) is 10.6. The summed E-state index contributed by atoms with van der Waals surface area (Å²) in [5.41, 5.74) is 0.259. The number of halogens is 1. The van der Waals surface area contributed by atoms with Crippen molar-refractivity contribution in [2.24, 2.45) is 5.14 Å². The Hall–Kier alpha value is -1.11. The van der Waals surface area contributed by atoms with Gasteiger partial charge in [0.1, 0.15) is 0 Å². The molecule has 19 heavy (non-hydrogen) atoms. The van der Waals surface area contributed by atoms with E-state index < -0.39 is 10.0 Å². The molecule has 0 unspecified atom stereocenters. The number of rotatable bonds is 6. The highest BCUT2D eigenvalue weighted by atomic mass is 35.5. The van der Waals surface area contributed by atoms with E-state index in [0.717, 1.165) is 19.3 Å². The number of hydrogen-bond acceptors (Lipinski definition) is 3. The van der Waals surface area contributed by atoms with Gasteiger partial charge in [0, 0.05) is 6.42 Å². The number of anilines is 1. The van der Waals surface area contributed by atoms with Gasteiger partial charge in [0.05, 0.1) is 15.6 Å². The third kappa shape index (κ3) is 5.18. The molecular weight excluding hydrogens is 288 g/mol. The fourth-order valence-corrected chi connectivity index (χ4v) is 2.23. The molecule has 1 rings (SSSR count). The molecule has 0 aliphatic rings. The van der Waals surface area contributed by atoms with E-state index >= 15 is 0 Å². The standard InChI is InChI=1S/C12H17ClN2O3S/c1-2-3-4-5-12(16)15-11-8-9(19(14,17)18)6-7-10(11)13/h6-8H,2-5H2,1H3,(H,15,16)(H2,14,17,18). The molecule has 0 atom stereocenters. The Morgan fingerprint density at radius 1 is 1.37 bits per heavy atom. The van der Waals surface area contributed by atoms with Gasteiger partial charge in [-0.1, -0.05) is 31.4 Å². The number of amides is 1. The van der Waals surface area contributed by atoms with E-state index in [1.807, 2.05) is 6.92 Å². The minimum atomic E-state index is -3.81. The normalized spacial score (nSPS) is 11.3. The van der Waals surface area contributed by atoms with Gasteiger partial charge in [-0.2, -0.15) is 0 Å². The summed E-state index contributed by atoms with van der Waals surface area (Å²) in [7, 11) is -3.81. The number of benzene rings is 1. The number of carbonyl (C=O) groups is 1. The molecule has 0 aliphatic heterocycles. The van der Waals surface area contributed by atoms with Crippen LogP contribution in [0.15, 0.2) is 23.1 Å². The zero-order valence-corrected chi connectivity index (χ0v) is 12.2. The number of primary sulfonamides is 1. The fourth-order valence-electron chi connectivity index (χ4n) is 1.53. The highest BCUT2D eigenvalue weighted by Gasteiger charge is 2.12. The lowest BCUT2D eigenvalue weighted by molar-refractivity contribution is -0.116. The van der Waals surface area contributed by atoms with Crippen molar-refractivity contribution in [3.8, 4) is 0 Å². The van der Waals surface area contributed by atoms with Crippen molar-refractivity contribution in [2.45, 2.75) is 37.5 Å². The number of unbranched alkanes of at least 4 members (excludes halogenated alkanes) is 2. The van der Waals surface area contributed by atoms with E-state index in [-0.39, 0.29) is 21.5 Å². The number of nitrogens with one attached hydrogen (secondary N) is 1. The van der Waals surface area contributed by atoms with Crippen LogP contribution in [0.4, 0.5) is 5.69 Å². The molecule has 3 N–H and O–H groups in total. The van der Waals surface area contributed by atoms with Crippen molar-refractivity contribution >= 4 is 33.2 Å². The molecule has 0 bridgehead atoms. The van der Waals surface area contributed by atoms with E-state index in [1.54, 1.807) is 0 Å². The Bertz CT molecular complexity index is 558. The lowest BCUT2D eigenvalue weighted by Crippen LogP contribution is -2.15. The Morgan fingerprint density at radius 2 is 2.05 bits per heavy atom. The summed E-state index contributed by atoms with van der Waals surface area (Å²) in [6.07, 6.45) is 3.16. The first kappa shape index (κ1) is 15.9. The molecule has 7 heteroatoms. The van der Waals surface area contributed by atoms with E-state index in [2.05, 4.69) is 5.32 Å². The third-order valence-corrected chi connectivity index (χ3v) is 3.79. The molecule has 0 radical (unpaired) electrons. The molecule has 0 aliphatic carbocycles.